The Morgan fingerprint density at radius 2 is 1.97 bits per heavy atom. The number of nitrogens with zero attached hydrogens (tertiary/aromatic N) is 4. The van der Waals surface area contributed by atoms with Gasteiger partial charge < -0.3 is 9.64 Å². The molecule has 0 unspecified atom stereocenters. The highest BCUT2D eigenvalue weighted by atomic mass is 19.1. The van der Waals surface area contributed by atoms with Crippen molar-refractivity contribution in [3.63, 3.8) is 0 Å². The summed E-state index contributed by atoms with van der Waals surface area (Å²) in [5.74, 6) is 0.0435. The van der Waals surface area contributed by atoms with E-state index in [0.717, 1.165) is 28.7 Å². The molecule has 0 aliphatic rings. The van der Waals surface area contributed by atoms with Crippen LogP contribution in [0.5, 0.6) is 5.75 Å². The number of halogens is 1. The predicted octanol–water partition coefficient (Wildman–Crippen LogP) is 5.11. The lowest BCUT2D eigenvalue weighted by atomic mass is 9.97. The van der Waals surface area contributed by atoms with Crippen molar-refractivity contribution < 1.29 is 13.9 Å². The van der Waals surface area contributed by atoms with Gasteiger partial charge in [-0.15, -0.1) is 0 Å². The fraction of sp³-hybridized carbons (Fsp3) is 0.179. The summed E-state index contributed by atoms with van der Waals surface area (Å²) in [4.78, 5) is 13.5. The van der Waals surface area contributed by atoms with Gasteiger partial charge >= 0.3 is 0 Å². The molecular formula is C28H25FN4O2. The first kappa shape index (κ1) is 23.7. The molecule has 0 amide bonds. The molecule has 0 aliphatic heterocycles. The standard InChI is InChI=1S/C28H25FN4O2/c1-20-14-28(35-13-12-32(2)27-9-6-22(18-30)16-26(27)29)24(19-34)17-23(20)15-21-4-7-25(8-5-21)33-11-3-10-31-33/h3-11,14,16-17,19H,12-13,15H2,1-2H3. The van der Waals surface area contributed by atoms with Gasteiger partial charge in [-0.2, -0.15) is 10.4 Å². The van der Waals surface area contributed by atoms with E-state index in [2.05, 4.69) is 17.2 Å². The molecule has 1 aromatic heterocycles. The van der Waals surface area contributed by atoms with Crippen LogP contribution in [0.2, 0.25) is 0 Å². The van der Waals surface area contributed by atoms with Gasteiger partial charge in [0.25, 0.3) is 0 Å². The van der Waals surface area contributed by atoms with Crippen LogP contribution in [0.3, 0.4) is 0 Å². The molecule has 0 fully saturated rings. The number of hydrogen-bond acceptors (Lipinski definition) is 5. The van der Waals surface area contributed by atoms with Gasteiger partial charge in [0.15, 0.2) is 6.29 Å². The summed E-state index contributed by atoms with van der Waals surface area (Å²) in [6.07, 6.45) is 5.12. The Bertz CT molecular complexity index is 1360. The van der Waals surface area contributed by atoms with Crippen LogP contribution in [0, 0.1) is 24.1 Å². The maximum atomic E-state index is 14.2. The zero-order chi connectivity index (χ0) is 24.8. The number of hydrogen-bond donors (Lipinski definition) is 0. The van der Waals surface area contributed by atoms with Crippen molar-refractivity contribution in [1.29, 1.82) is 5.26 Å². The van der Waals surface area contributed by atoms with Gasteiger partial charge in [-0.1, -0.05) is 12.1 Å². The van der Waals surface area contributed by atoms with Crippen LogP contribution in [0.15, 0.2) is 73.1 Å². The minimum Gasteiger partial charge on any atom is -0.491 e. The molecule has 4 aromatic rings. The number of aldehydes is 1. The Morgan fingerprint density at radius 1 is 1.17 bits per heavy atom. The quantitative estimate of drug-likeness (QED) is 0.319. The lowest BCUT2D eigenvalue weighted by Gasteiger charge is -2.21. The van der Waals surface area contributed by atoms with Crippen LogP contribution in [-0.4, -0.2) is 36.3 Å². The minimum atomic E-state index is -0.460. The lowest BCUT2D eigenvalue weighted by Crippen LogP contribution is -2.24. The number of aryl methyl sites for hydroxylation is 1. The van der Waals surface area contributed by atoms with Crippen LogP contribution >= 0.6 is 0 Å². The average Bonchev–Trinajstić information content (AvgIpc) is 3.41. The molecule has 7 heteroatoms. The van der Waals surface area contributed by atoms with Crippen LogP contribution in [0.25, 0.3) is 5.69 Å². The van der Waals surface area contributed by atoms with E-state index in [9.17, 15) is 9.18 Å². The molecule has 1 heterocycles. The highest BCUT2D eigenvalue weighted by Gasteiger charge is 2.12. The van der Waals surface area contributed by atoms with E-state index >= 15 is 0 Å². The fourth-order valence-corrected chi connectivity index (χ4v) is 3.86. The number of nitriles is 1. The summed E-state index contributed by atoms with van der Waals surface area (Å²) in [6.45, 7) is 2.67. The third-order valence-corrected chi connectivity index (χ3v) is 5.87. The van der Waals surface area contributed by atoms with E-state index in [1.807, 2.05) is 49.5 Å². The van der Waals surface area contributed by atoms with Crippen molar-refractivity contribution in [3.8, 4) is 17.5 Å². The summed E-state index contributed by atoms with van der Waals surface area (Å²) in [5.41, 5.74) is 5.31. The molecular weight excluding hydrogens is 443 g/mol. The molecule has 4 rings (SSSR count). The second-order valence-corrected chi connectivity index (χ2v) is 8.28. The summed E-state index contributed by atoms with van der Waals surface area (Å²) < 4.78 is 21.9. The topological polar surface area (TPSA) is 71.2 Å². The Kier molecular flexibility index (Phi) is 7.22. The second-order valence-electron chi connectivity index (χ2n) is 8.28. The molecule has 35 heavy (non-hydrogen) atoms. The van der Waals surface area contributed by atoms with Crippen LogP contribution in [0.1, 0.15) is 32.6 Å². The first-order chi connectivity index (χ1) is 17.0. The summed E-state index contributed by atoms with van der Waals surface area (Å²) in [6, 6.07) is 20.1. The van der Waals surface area contributed by atoms with Crippen molar-refractivity contribution in [1.82, 2.24) is 9.78 Å². The first-order valence-corrected chi connectivity index (χ1v) is 11.2. The third kappa shape index (κ3) is 5.56. The summed E-state index contributed by atoms with van der Waals surface area (Å²) in [7, 11) is 1.75. The van der Waals surface area contributed by atoms with Crippen LogP contribution < -0.4 is 9.64 Å². The summed E-state index contributed by atoms with van der Waals surface area (Å²) >= 11 is 0. The number of carbonyl (C=O) groups excluding carboxylic acids is 1. The van der Waals surface area contributed by atoms with E-state index in [-0.39, 0.29) is 12.2 Å². The molecule has 3 aromatic carbocycles. The van der Waals surface area contributed by atoms with Gasteiger partial charge in [0.05, 0.1) is 35.1 Å². The number of aromatic nitrogens is 2. The molecule has 0 atom stereocenters. The number of carbonyl (C=O) groups is 1. The smallest absolute Gasteiger partial charge is 0.153 e. The lowest BCUT2D eigenvalue weighted by molar-refractivity contribution is 0.111. The first-order valence-electron chi connectivity index (χ1n) is 11.2. The van der Waals surface area contributed by atoms with E-state index < -0.39 is 5.82 Å². The maximum absolute atomic E-state index is 14.2. The normalized spacial score (nSPS) is 10.6. The zero-order valence-corrected chi connectivity index (χ0v) is 19.6. The van der Waals surface area contributed by atoms with E-state index in [4.69, 9.17) is 10.00 Å². The number of rotatable bonds is 9. The number of benzene rings is 3. The monoisotopic (exact) mass is 468 g/mol. The molecule has 0 radical (unpaired) electrons. The van der Waals surface area contributed by atoms with Crippen molar-refractivity contribution >= 4 is 12.0 Å². The second kappa shape index (κ2) is 10.7. The van der Waals surface area contributed by atoms with Gasteiger partial charge in [0.2, 0.25) is 0 Å². The molecule has 0 saturated heterocycles. The number of anilines is 1. The molecule has 6 nitrogen and oxygen atoms in total. The number of ether oxygens (including phenoxy) is 1. The Labute approximate surface area is 203 Å². The maximum Gasteiger partial charge on any atom is 0.153 e. The van der Waals surface area contributed by atoms with Crippen LogP contribution in [0.4, 0.5) is 10.1 Å². The largest absolute Gasteiger partial charge is 0.491 e. The van der Waals surface area contributed by atoms with Gasteiger partial charge in [0.1, 0.15) is 18.2 Å². The van der Waals surface area contributed by atoms with Crippen molar-refractivity contribution in [2.45, 2.75) is 13.3 Å². The van der Waals surface area contributed by atoms with E-state index in [0.29, 0.717) is 30.0 Å². The zero-order valence-electron chi connectivity index (χ0n) is 19.6. The van der Waals surface area contributed by atoms with E-state index in [1.54, 1.807) is 35.0 Å². The summed E-state index contributed by atoms with van der Waals surface area (Å²) in [5, 5.41) is 13.1. The Hall–Kier alpha value is -4.44. The molecule has 0 spiro atoms. The third-order valence-electron chi connectivity index (χ3n) is 5.87. The van der Waals surface area contributed by atoms with E-state index in [1.165, 1.54) is 6.07 Å². The highest BCUT2D eigenvalue weighted by Crippen LogP contribution is 2.25. The molecule has 0 aliphatic carbocycles. The molecule has 0 N–H and O–H groups in total. The minimum absolute atomic E-state index is 0.268. The predicted molar refractivity (Wildman–Crippen MR) is 133 cm³/mol. The highest BCUT2D eigenvalue weighted by molar-refractivity contribution is 5.80. The van der Waals surface area contributed by atoms with Crippen molar-refractivity contribution in [3.05, 3.63) is 107 Å². The van der Waals surface area contributed by atoms with Gasteiger partial charge in [-0.25, -0.2) is 9.07 Å². The number of likely N-dealkylation sites (N-methyl/N-ethyl adjacent to an activating group) is 1. The SMILES string of the molecule is Cc1cc(OCCN(C)c2ccc(C#N)cc2F)c(C=O)cc1Cc1ccc(-n2cccn2)cc1. The average molecular weight is 469 g/mol. The van der Waals surface area contributed by atoms with Crippen molar-refractivity contribution in [2.75, 3.05) is 25.1 Å². The van der Waals surface area contributed by atoms with Crippen LogP contribution in [-0.2, 0) is 6.42 Å². The van der Waals surface area contributed by atoms with Gasteiger partial charge in [-0.05, 0) is 78.6 Å². The molecule has 0 saturated carbocycles. The molecule has 0 bridgehead atoms. The fourth-order valence-electron chi connectivity index (χ4n) is 3.86. The Morgan fingerprint density at radius 3 is 2.63 bits per heavy atom. The van der Waals surface area contributed by atoms with Gasteiger partial charge in [-0.3, -0.25) is 4.79 Å². The Balaban J connectivity index is 1.41. The van der Waals surface area contributed by atoms with Crippen molar-refractivity contribution in [2.24, 2.45) is 0 Å². The van der Waals surface area contributed by atoms with Gasteiger partial charge in [0, 0.05) is 19.4 Å². The molecule has 176 valence electrons.